The molecule has 2 unspecified atom stereocenters. The van der Waals surface area contributed by atoms with Crippen LogP contribution in [0.1, 0.15) is 24.0 Å². The smallest absolute Gasteiger partial charge is 0.358 e. The zero-order chi connectivity index (χ0) is 17.6. The molecule has 2 aliphatic rings. The van der Waals surface area contributed by atoms with Crippen molar-refractivity contribution in [1.29, 1.82) is 0 Å². The number of aliphatic hydroxyl groups excluding tert-OH is 1. The number of Topliss-reactive ketones (excluding diaryl/α,β-unsaturated/α-hetero) is 1. The Balaban J connectivity index is 2.39. The zero-order valence-electron chi connectivity index (χ0n) is 13.6. The molecule has 7 heteroatoms. The molecule has 0 spiro atoms. The van der Waals surface area contributed by atoms with Crippen LogP contribution in [0.2, 0.25) is 0 Å². The van der Waals surface area contributed by atoms with Gasteiger partial charge in [-0.25, -0.2) is 4.79 Å². The fourth-order valence-corrected chi connectivity index (χ4v) is 3.36. The van der Waals surface area contributed by atoms with Crippen molar-refractivity contribution >= 4 is 17.5 Å². The molecule has 2 N–H and O–H groups in total. The molecule has 1 heterocycles. The molecular formula is C17H18O7. The number of methoxy groups -OCH3 is 2. The molecule has 128 valence electrons. The van der Waals surface area contributed by atoms with Gasteiger partial charge in [-0.1, -0.05) is 0 Å². The molecule has 0 radical (unpaired) electrons. The van der Waals surface area contributed by atoms with Gasteiger partial charge in [-0.2, -0.15) is 0 Å². The summed E-state index contributed by atoms with van der Waals surface area (Å²) in [7, 11) is 2.48. The predicted molar refractivity (Wildman–Crippen MR) is 82.4 cm³/mol. The van der Waals surface area contributed by atoms with Crippen LogP contribution in [0.4, 0.5) is 0 Å². The van der Waals surface area contributed by atoms with E-state index < -0.39 is 23.5 Å². The Labute approximate surface area is 138 Å². The number of benzene rings is 1. The molecule has 0 saturated heterocycles. The van der Waals surface area contributed by atoms with Crippen molar-refractivity contribution in [2.45, 2.75) is 31.5 Å². The number of ketones is 1. The number of phenols is 1. The normalized spacial score (nSPS) is 25.5. The highest BCUT2D eigenvalue weighted by molar-refractivity contribution is 6.12. The minimum atomic E-state index is -2.00. The Kier molecular flexibility index (Phi) is 3.76. The van der Waals surface area contributed by atoms with Gasteiger partial charge >= 0.3 is 5.97 Å². The van der Waals surface area contributed by atoms with Crippen molar-refractivity contribution in [3.8, 4) is 11.5 Å². The van der Waals surface area contributed by atoms with Crippen molar-refractivity contribution in [1.82, 2.24) is 0 Å². The van der Waals surface area contributed by atoms with Gasteiger partial charge < -0.3 is 24.4 Å². The van der Waals surface area contributed by atoms with Gasteiger partial charge in [-0.05, 0) is 31.0 Å². The Morgan fingerprint density at radius 1 is 1.38 bits per heavy atom. The van der Waals surface area contributed by atoms with Crippen LogP contribution in [0, 0.1) is 6.92 Å². The second-order valence-corrected chi connectivity index (χ2v) is 5.87. The minimum Gasteiger partial charge on any atom is -0.507 e. The first-order chi connectivity index (χ1) is 11.4. The quantitative estimate of drug-likeness (QED) is 0.780. The molecule has 24 heavy (non-hydrogen) atoms. The highest BCUT2D eigenvalue weighted by Crippen LogP contribution is 2.50. The van der Waals surface area contributed by atoms with E-state index in [1.54, 1.807) is 13.0 Å². The summed E-state index contributed by atoms with van der Waals surface area (Å²) >= 11 is 0. The van der Waals surface area contributed by atoms with E-state index in [2.05, 4.69) is 0 Å². The summed E-state index contributed by atoms with van der Waals surface area (Å²) in [4.78, 5) is 25.0. The summed E-state index contributed by atoms with van der Waals surface area (Å²) in [6.07, 6.45) is -1.19. The molecule has 1 fully saturated rings. The summed E-state index contributed by atoms with van der Waals surface area (Å²) in [5.41, 5.74) is -1.26. The first-order valence-corrected chi connectivity index (χ1v) is 7.48. The number of hydrogen-bond donors (Lipinski definition) is 2. The van der Waals surface area contributed by atoms with E-state index in [1.165, 1.54) is 13.2 Å². The number of carbonyl (C=O) groups excluding carboxylic acids is 2. The number of aliphatic hydroxyl groups is 1. The van der Waals surface area contributed by atoms with E-state index in [-0.39, 0.29) is 41.2 Å². The second kappa shape index (κ2) is 5.52. The van der Waals surface area contributed by atoms with Gasteiger partial charge in [-0.3, -0.25) is 4.79 Å². The van der Waals surface area contributed by atoms with E-state index in [9.17, 15) is 19.8 Å². The van der Waals surface area contributed by atoms with Crippen LogP contribution in [0.25, 0.3) is 5.76 Å². The van der Waals surface area contributed by atoms with Crippen molar-refractivity contribution < 1.29 is 34.0 Å². The third kappa shape index (κ3) is 2.01. The molecular weight excluding hydrogens is 316 g/mol. The van der Waals surface area contributed by atoms with Gasteiger partial charge in [0.2, 0.25) is 0 Å². The molecule has 0 bridgehead atoms. The summed E-state index contributed by atoms with van der Waals surface area (Å²) in [5.74, 6) is -1.26. The van der Waals surface area contributed by atoms with Gasteiger partial charge in [0, 0.05) is 6.42 Å². The van der Waals surface area contributed by atoms with Crippen molar-refractivity contribution in [3.63, 3.8) is 0 Å². The largest absolute Gasteiger partial charge is 0.507 e. The molecule has 1 aliphatic carbocycles. The van der Waals surface area contributed by atoms with E-state index in [0.717, 1.165) is 7.11 Å². The average Bonchev–Trinajstić information content (AvgIpc) is 2.55. The van der Waals surface area contributed by atoms with E-state index in [4.69, 9.17) is 14.2 Å². The van der Waals surface area contributed by atoms with Crippen LogP contribution >= 0.6 is 0 Å². The van der Waals surface area contributed by atoms with Crippen LogP contribution in [-0.4, -0.2) is 47.9 Å². The lowest BCUT2D eigenvalue weighted by Gasteiger charge is -2.43. The number of aryl methyl sites for hydroxylation is 1. The molecule has 0 amide bonds. The average molecular weight is 334 g/mol. The van der Waals surface area contributed by atoms with Crippen molar-refractivity contribution in [3.05, 3.63) is 28.8 Å². The van der Waals surface area contributed by atoms with E-state index >= 15 is 0 Å². The summed E-state index contributed by atoms with van der Waals surface area (Å²) in [5, 5.41) is 20.8. The lowest BCUT2D eigenvalue weighted by molar-refractivity contribution is -0.169. The molecule has 3 rings (SSSR count). The maximum absolute atomic E-state index is 12.5. The molecule has 2 atom stereocenters. The predicted octanol–water partition coefficient (Wildman–Crippen LogP) is 1.09. The van der Waals surface area contributed by atoms with Gasteiger partial charge in [0.15, 0.2) is 5.78 Å². The van der Waals surface area contributed by atoms with Crippen LogP contribution in [0.15, 0.2) is 17.7 Å². The zero-order valence-corrected chi connectivity index (χ0v) is 13.6. The minimum absolute atomic E-state index is 0.0166. The first kappa shape index (κ1) is 16.3. The third-order valence-electron chi connectivity index (χ3n) is 4.41. The molecule has 0 aromatic heterocycles. The van der Waals surface area contributed by atoms with Crippen LogP contribution < -0.4 is 4.74 Å². The third-order valence-corrected chi connectivity index (χ3v) is 4.41. The maximum Gasteiger partial charge on any atom is 0.358 e. The number of fused-ring (bicyclic) bond motifs is 2. The number of hydrogen-bond acceptors (Lipinski definition) is 7. The summed E-state index contributed by atoms with van der Waals surface area (Å²) in [6, 6.07) is 3.10. The van der Waals surface area contributed by atoms with Crippen LogP contribution in [-0.2, 0) is 19.1 Å². The SMILES string of the molecule is COC(=O)C12Oc3cc(C)cc(O)c3C(OC)=C1C(=O)CCC2O. The van der Waals surface area contributed by atoms with Gasteiger partial charge in [-0.15, -0.1) is 0 Å². The second-order valence-electron chi connectivity index (χ2n) is 5.87. The Morgan fingerprint density at radius 3 is 2.71 bits per heavy atom. The van der Waals surface area contributed by atoms with E-state index in [1.807, 2.05) is 0 Å². The standard InChI is InChI=1S/C17H18O7/c1-8-6-10(19)13-11(7-8)24-17(16(21)23-3)12(20)5-4-9(18)14(17)15(13)22-2/h6-7,12,19-20H,4-5H2,1-3H3. The van der Waals surface area contributed by atoms with E-state index in [0.29, 0.717) is 5.56 Å². The highest BCUT2D eigenvalue weighted by Gasteiger charge is 2.61. The Bertz CT molecular complexity index is 764. The Hall–Kier alpha value is -2.54. The fraction of sp³-hybridized carbons (Fsp3) is 0.412. The number of aromatic hydroxyl groups is 1. The first-order valence-electron chi connectivity index (χ1n) is 7.48. The summed E-state index contributed by atoms with van der Waals surface area (Å²) < 4.78 is 16.0. The lowest BCUT2D eigenvalue weighted by atomic mass is 9.73. The number of rotatable bonds is 2. The number of esters is 1. The summed E-state index contributed by atoms with van der Waals surface area (Å²) in [6.45, 7) is 1.74. The molecule has 1 aromatic rings. The van der Waals surface area contributed by atoms with Gasteiger partial charge in [0.1, 0.15) is 28.9 Å². The topological polar surface area (TPSA) is 102 Å². The van der Waals surface area contributed by atoms with Crippen LogP contribution in [0.5, 0.6) is 11.5 Å². The van der Waals surface area contributed by atoms with Gasteiger partial charge in [0.25, 0.3) is 5.60 Å². The van der Waals surface area contributed by atoms with Crippen molar-refractivity contribution in [2.24, 2.45) is 0 Å². The molecule has 1 aliphatic heterocycles. The number of carbonyl (C=O) groups is 2. The van der Waals surface area contributed by atoms with Gasteiger partial charge in [0.05, 0.1) is 19.8 Å². The molecule has 7 nitrogen and oxygen atoms in total. The lowest BCUT2D eigenvalue weighted by Crippen LogP contribution is -2.61. The highest BCUT2D eigenvalue weighted by atomic mass is 16.6. The number of ether oxygens (including phenoxy) is 3. The molecule has 1 saturated carbocycles. The monoisotopic (exact) mass is 334 g/mol. The van der Waals surface area contributed by atoms with Crippen molar-refractivity contribution in [2.75, 3.05) is 14.2 Å². The number of phenolic OH excluding ortho intramolecular Hbond substituents is 1. The van der Waals surface area contributed by atoms with Crippen LogP contribution in [0.3, 0.4) is 0 Å². The fourth-order valence-electron chi connectivity index (χ4n) is 3.36. The molecule has 1 aromatic carbocycles. The Morgan fingerprint density at radius 2 is 2.08 bits per heavy atom. The maximum atomic E-state index is 12.5.